The Labute approximate surface area is 115 Å². The number of carbonyl (C=O) groups excluding carboxylic acids is 1. The number of amides is 1. The number of aromatic nitrogens is 4. The molecule has 2 aromatic rings. The first kappa shape index (κ1) is 13.7. The van der Waals surface area contributed by atoms with E-state index < -0.39 is 0 Å². The lowest BCUT2D eigenvalue weighted by Gasteiger charge is -2.17. The van der Waals surface area contributed by atoms with Crippen molar-refractivity contribution in [2.24, 2.45) is 0 Å². The van der Waals surface area contributed by atoms with Gasteiger partial charge in [0, 0.05) is 17.8 Å². The van der Waals surface area contributed by atoms with Crippen molar-refractivity contribution in [3.63, 3.8) is 0 Å². The smallest absolute Gasteiger partial charge is 0.265 e. The topological polar surface area (TPSA) is 83.6 Å². The summed E-state index contributed by atoms with van der Waals surface area (Å²) in [7, 11) is 0. The third-order valence-corrected chi connectivity index (χ3v) is 3.41. The summed E-state index contributed by atoms with van der Waals surface area (Å²) >= 11 is 1.12. The number of hydrogen-bond donors (Lipinski definition) is 2. The molecule has 0 aliphatic rings. The molecule has 1 unspecified atom stereocenters. The van der Waals surface area contributed by atoms with Gasteiger partial charge in [-0.3, -0.25) is 4.79 Å². The van der Waals surface area contributed by atoms with E-state index in [9.17, 15) is 4.79 Å². The van der Waals surface area contributed by atoms with Crippen LogP contribution in [0.2, 0.25) is 0 Å². The molecule has 1 amide bonds. The van der Waals surface area contributed by atoms with Crippen molar-refractivity contribution in [3.8, 4) is 0 Å². The average Bonchev–Trinajstić information content (AvgIpc) is 2.99. The van der Waals surface area contributed by atoms with E-state index in [0.29, 0.717) is 4.88 Å². The van der Waals surface area contributed by atoms with Crippen LogP contribution >= 0.6 is 11.5 Å². The van der Waals surface area contributed by atoms with Crippen LogP contribution in [0.1, 0.15) is 54.9 Å². The zero-order valence-electron chi connectivity index (χ0n) is 11.4. The maximum absolute atomic E-state index is 12.3. The van der Waals surface area contributed by atoms with Crippen molar-refractivity contribution in [1.82, 2.24) is 24.9 Å². The summed E-state index contributed by atoms with van der Waals surface area (Å²) in [5.41, 5.74) is 0.523. The lowest BCUT2D eigenvalue weighted by atomic mass is 9.91. The number of aromatic amines is 1. The van der Waals surface area contributed by atoms with Gasteiger partial charge in [-0.15, -0.1) is 5.10 Å². The molecule has 0 aliphatic carbocycles. The van der Waals surface area contributed by atoms with Crippen molar-refractivity contribution < 1.29 is 4.79 Å². The maximum atomic E-state index is 12.3. The summed E-state index contributed by atoms with van der Waals surface area (Å²) in [5.74, 6) is 0.562. The highest BCUT2D eigenvalue weighted by molar-refractivity contribution is 7.08. The highest BCUT2D eigenvalue weighted by Crippen LogP contribution is 2.26. The molecule has 102 valence electrons. The Balaban J connectivity index is 2.15. The van der Waals surface area contributed by atoms with Crippen LogP contribution in [0.15, 0.2) is 12.4 Å². The third-order valence-electron chi connectivity index (χ3n) is 2.68. The molecule has 2 aromatic heterocycles. The second kappa shape index (κ2) is 5.08. The van der Waals surface area contributed by atoms with E-state index >= 15 is 0 Å². The number of H-pyrrole nitrogens is 1. The molecule has 0 radical (unpaired) electrons. The SMILES string of the molecule is CC(NC(=O)c1snnc1C(C)(C)C)c1ncc[nH]1. The molecule has 6 nitrogen and oxygen atoms in total. The minimum Gasteiger partial charge on any atom is -0.347 e. The second-order valence-electron chi connectivity index (χ2n) is 5.37. The summed E-state index contributed by atoms with van der Waals surface area (Å²) < 4.78 is 3.89. The van der Waals surface area contributed by atoms with Gasteiger partial charge in [0.05, 0.1) is 11.7 Å². The Morgan fingerprint density at radius 1 is 1.47 bits per heavy atom. The summed E-state index contributed by atoms with van der Waals surface area (Å²) in [4.78, 5) is 19.9. The van der Waals surface area contributed by atoms with Gasteiger partial charge in [-0.05, 0) is 18.5 Å². The molecule has 0 aliphatic heterocycles. The van der Waals surface area contributed by atoms with Gasteiger partial charge in [0.1, 0.15) is 10.7 Å². The van der Waals surface area contributed by atoms with Gasteiger partial charge in [-0.2, -0.15) is 0 Å². The van der Waals surface area contributed by atoms with Gasteiger partial charge in [-0.25, -0.2) is 4.98 Å². The van der Waals surface area contributed by atoms with Gasteiger partial charge in [0.15, 0.2) is 0 Å². The van der Waals surface area contributed by atoms with E-state index in [1.165, 1.54) is 0 Å². The molecule has 0 bridgehead atoms. The molecule has 0 saturated heterocycles. The van der Waals surface area contributed by atoms with Gasteiger partial charge < -0.3 is 10.3 Å². The number of rotatable bonds is 3. The fraction of sp³-hybridized carbons (Fsp3) is 0.500. The molecule has 0 aromatic carbocycles. The van der Waals surface area contributed by atoms with Crippen LogP contribution in [0.5, 0.6) is 0 Å². The normalized spacial score (nSPS) is 13.3. The number of imidazole rings is 1. The van der Waals surface area contributed by atoms with Crippen molar-refractivity contribution in [2.75, 3.05) is 0 Å². The fourth-order valence-corrected chi connectivity index (χ4v) is 2.45. The van der Waals surface area contributed by atoms with E-state index in [1.807, 2.05) is 27.7 Å². The molecular formula is C12H17N5OS. The highest BCUT2D eigenvalue weighted by Gasteiger charge is 2.27. The molecule has 7 heteroatoms. The van der Waals surface area contributed by atoms with Crippen LogP contribution in [0.4, 0.5) is 0 Å². The van der Waals surface area contributed by atoms with Crippen molar-refractivity contribution in [1.29, 1.82) is 0 Å². The second-order valence-corrected chi connectivity index (χ2v) is 6.12. The first-order valence-electron chi connectivity index (χ1n) is 6.02. The van der Waals surface area contributed by atoms with Crippen LogP contribution in [-0.4, -0.2) is 25.5 Å². The van der Waals surface area contributed by atoms with Gasteiger partial charge in [0.25, 0.3) is 5.91 Å². The van der Waals surface area contributed by atoms with Crippen LogP contribution in [0.3, 0.4) is 0 Å². The van der Waals surface area contributed by atoms with E-state index in [2.05, 4.69) is 24.9 Å². The van der Waals surface area contributed by atoms with Gasteiger partial charge in [0.2, 0.25) is 0 Å². The minimum atomic E-state index is -0.201. The van der Waals surface area contributed by atoms with Crippen molar-refractivity contribution >= 4 is 17.4 Å². The lowest BCUT2D eigenvalue weighted by molar-refractivity contribution is 0.0940. The Morgan fingerprint density at radius 3 is 2.79 bits per heavy atom. The Hall–Kier alpha value is -1.76. The number of nitrogens with zero attached hydrogens (tertiary/aromatic N) is 3. The van der Waals surface area contributed by atoms with Crippen LogP contribution in [0, 0.1) is 0 Å². The molecule has 2 heterocycles. The summed E-state index contributed by atoms with van der Waals surface area (Å²) in [6, 6.07) is -0.183. The molecule has 0 spiro atoms. The lowest BCUT2D eigenvalue weighted by Crippen LogP contribution is -2.29. The van der Waals surface area contributed by atoms with Gasteiger partial charge in [-0.1, -0.05) is 25.3 Å². The minimum absolute atomic E-state index is 0.163. The third kappa shape index (κ3) is 2.98. The van der Waals surface area contributed by atoms with Crippen molar-refractivity contribution in [2.45, 2.75) is 39.2 Å². The first-order chi connectivity index (χ1) is 8.89. The van der Waals surface area contributed by atoms with E-state index in [1.54, 1.807) is 12.4 Å². The molecule has 2 rings (SSSR count). The highest BCUT2D eigenvalue weighted by atomic mass is 32.1. The predicted octanol–water partition coefficient (Wildman–Crippen LogP) is 2.05. The largest absolute Gasteiger partial charge is 0.347 e. The number of hydrogen-bond acceptors (Lipinski definition) is 5. The molecule has 0 saturated carbocycles. The van der Waals surface area contributed by atoms with E-state index in [4.69, 9.17) is 0 Å². The molecular weight excluding hydrogens is 262 g/mol. The first-order valence-corrected chi connectivity index (χ1v) is 6.80. The zero-order valence-corrected chi connectivity index (χ0v) is 12.2. The van der Waals surface area contributed by atoms with Crippen LogP contribution < -0.4 is 5.32 Å². The molecule has 19 heavy (non-hydrogen) atoms. The fourth-order valence-electron chi connectivity index (χ4n) is 1.68. The molecule has 1 atom stereocenters. The summed E-state index contributed by atoms with van der Waals surface area (Å²) in [6.07, 6.45) is 3.39. The Bertz CT molecular complexity index is 555. The quantitative estimate of drug-likeness (QED) is 0.900. The molecule has 2 N–H and O–H groups in total. The van der Waals surface area contributed by atoms with Crippen molar-refractivity contribution in [3.05, 3.63) is 28.8 Å². The Morgan fingerprint density at radius 2 is 2.21 bits per heavy atom. The van der Waals surface area contributed by atoms with E-state index in [0.717, 1.165) is 23.1 Å². The molecule has 0 fully saturated rings. The number of nitrogens with one attached hydrogen (secondary N) is 2. The summed E-state index contributed by atoms with van der Waals surface area (Å²) in [6.45, 7) is 7.91. The Kier molecular flexibility index (Phi) is 3.66. The zero-order chi connectivity index (χ0) is 14.0. The maximum Gasteiger partial charge on any atom is 0.265 e. The van der Waals surface area contributed by atoms with E-state index in [-0.39, 0.29) is 17.4 Å². The number of carbonyl (C=O) groups is 1. The average molecular weight is 279 g/mol. The predicted molar refractivity (Wildman–Crippen MR) is 73.1 cm³/mol. The van der Waals surface area contributed by atoms with Crippen LogP contribution in [-0.2, 0) is 5.41 Å². The van der Waals surface area contributed by atoms with Gasteiger partial charge >= 0.3 is 0 Å². The summed E-state index contributed by atoms with van der Waals surface area (Å²) in [5, 5.41) is 6.96. The standard InChI is InChI=1S/C12H17N5OS/c1-7(10-13-5-6-14-10)15-11(18)8-9(12(2,3)4)16-17-19-8/h5-7H,1-4H3,(H,13,14)(H,15,18). The monoisotopic (exact) mass is 279 g/mol. The van der Waals surface area contributed by atoms with Crippen LogP contribution in [0.25, 0.3) is 0 Å².